The molecule has 0 bridgehead atoms. The van der Waals surface area contributed by atoms with Gasteiger partial charge in [-0.05, 0) is 54.1 Å². The Hall–Kier alpha value is -0.810. The second-order valence-corrected chi connectivity index (χ2v) is 6.72. The molecule has 0 aromatic heterocycles. The Bertz CT molecular complexity index is 318. The van der Waals surface area contributed by atoms with Gasteiger partial charge in [-0.2, -0.15) is 0 Å². The number of urea groups is 1. The zero-order valence-electron chi connectivity index (χ0n) is 13.9. The van der Waals surface area contributed by atoms with E-state index in [0.717, 1.165) is 25.9 Å². The first-order chi connectivity index (χ1) is 9.25. The highest BCUT2D eigenvalue weighted by atomic mass is 16.5. The Morgan fingerprint density at radius 3 is 2.70 bits per heavy atom. The monoisotopic (exact) mass is 285 g/mol. The molecule has 0 unspecified atom stereocenters. The molecule has 1 saturated heterocycles. The predicted octanol–water partition coefficient (Wildman–Crippen LogP) is 1.93. The number of ether oxygens (including phenoxy) is 1. The van der Waals surface area contributed by atoms with E-state index >= 15 is 0 Å². The lowest BCUT2D eigenvalue weighted by Crippen LogP contribution is -2.52. The molecule has 0 radical (unpaired) electrons. The van der Waals surface area contributed by atoms with Crippen molar-refractivity contribution >= 4 is 6.03 Å². The van der Waals surface area contributed by atoms with Gasteiger partial charge in [0.1, 0.15) is 0 Å². The highest BCUT2D eigenvalue weighted by Crippen LogP contribution is 2.17. The largest absolute Gasteiger partial charge is 0.379 e. The van der Waals surface area contributed by atoms with E-state index in [2.05, 4.69) is 24.3 Å². The van der Waals surface area contributed by atoms with Gasteiger partial charge in [0.25, 0.3) is 0 Å². The third-order valence-corrected chi connectivity index (χ3v) is 4.13. The van der Waals surface area contributed by atoms with Gasteiger partial charge in [0, 0.05) is 32.3 Å². The summed E-state index contributed by atoms with van der Waals surface area (Å²) in [7, 11) is 5.87. The second-order valence-electron chi connectivity index (χ2n) is 6.72. The first-order valence-corrected chi connectivity index (χ1v) is 7.52. The van der Waals surface area contributed by atoms with Gasteiger partial charge in [-0.3, -0.25) is 0 Å². The van der Waals surface area contributed by atoms with E-state index in [4.69, 9.17) is 4.74 Å². The van der Waals surface area contributed by atoms with Crippen LogP contribution in [0.25, 0.3) is 0 Å². The summed E-state index contributed by atoms with van der Waals surface area (Å²) in [5.74, 6) is 0. The summed E-state index contributed by atoms with van der Waals surface area (Å²) in [6.07, 6.45) is 3.05. The molecule has 0 saturated carbocycles. The molecule has 0 spiro atoms. The van der Waals surface area contributed by atoms with Crippen LogP contribution in [-0.2, 0) is 4.74 Å². The number of carbonyl (C=O) groups excluding carboxylic acids is 1. The highest BCUT2D eigenvalue weighted by molar-refractivity contribution is 5.74. The fraction of sp³-hybridized carbons (Fsp3) is 0.933. The zero-order chi connectivity index (χ0) is 15.3. The summed E-state index contributed by atoms with van der Waals surface area (Å²) in [5.41, 5.74) is -0.208. The van der Waals surface area contributed by atoms with Crippen LogP contribution < -0.4 is 5.32 Å². The molecular formula is C15H31N3O2. The van der Waals surface area contributed by atoms with E-state index in [1.807, 2.05) is 25.7 Å². The lowest BCUT2D eigenvalue weighted by atomic mass is 10.00. The number of amides is 2. The van der Waals surface area contributed by atoms with Crippen molar-refractivity contribution in [1.82, 2.24) is 15.1 Å². The van der Waals surface area contributed by atoms with Crippen molar-refractivity contribution in [2.24, 2.45) is 0 Å². The first-order valence-electron chi connectivity index (χ1n) is 7.52. The van der Waals surface area contributed by atoms with E-state index in [1.54, 1.807) is 7.11 Å². The number of piperidine rings is 1. The van der Waals surface area contributed by atoms with Crippen LogP contribution in [0.15, 0.2) is 0 Å². The number of carbonyl (C=O) groups is 1. The fourth-order valence-electron chi connectivity index (χ4n) is 2.73. The van der Waals surface area contributed by atoms with Gasteiger partial charge in [0.2, 0.25) is 0 Å². The van der Waals surface area contributed by atoms with E-state index in [9.17, 15) is 4.79 Å². The van der Waals surface area contributed by atoms with Crippen molar-refractivity contribution in [2.45, 2.75) is 57.7 Å². The van der Waals surface area contributed by atoms with Gasteiger partial charge >= 0.3 is 6.03 Å². The lowest BCUT2D eigenvalue weighted by molar-refractivity contribution is 0.00896. The molecule has 0 aliphatic carbocycles. The molecule has 1 rings (SSSR count). The molecule has 1 fully saturated rings. The third-order valence-electron chi connectivity index (χ3n) is 4.13. The molecule has 2 amide bonds. The maximum atomic E-state index is 12.3. The number of methoxy groups -OCH3 is 1. The second kappa shape index (κ2) is 7.27. The minimum absolute atomic E-state index is 0.0518. The van der Waals surface area contributed by atoms with Crippen LogP contribution in [0, 0.1) is 0 Å². The number of nitrogens with zero attached hydrogens (tertiary/aromatic N) is 2. The Balaban J connectivity index is 2.45. The maximum Gasteiger partial charge on any atom is 0.317 e. The minimum atomic E-state index is -0.208. The third kappa shape index (κ3) is 5.29. The highest BCUT2D eigenvalue weighted by Gasteiger charge is 2.27. The zero-order valence-corrected chi connectivity index (χ0v) is 13.9. The topological polar surface area (TPSA) is 44.8 Å². The summed E-state index contributed by atoms with van der Waals surface area (Å²) < 4.78 is 5.41. The molecule has 5 nitrogen and oxygen atoms in total. The van der Waals surface area contributed by atoms with Crippen molar-refractivity contribution in [3.8, 4) is 0 Å². The van der Waals surface area contributed by atoms with Crippen molar-refractivity contribution in [1.29, 1.82) is 0 Å². The average molecular weight is 285 g/mol. The normalized spacial score (nSPS) is 21.9. The number of hydrogen-bond donors (Lipinski definition) is 1. The number of nitrogens with one attached hydrogen (secondary N) is 1. The van der Waals surface area contributed by atoms with Gasteiger partial charge in [0.15, 0.2) is 0 Å². The minimum Gasteiger partial charge on any atom is -0.379 e. The maximum absolute atomic E-state index is 12.3. The molecule has 118 valence electrons. The fourth-order valence-corrected chi connectivity index (χ4v) is 2.73. The number of likely N-dealkylation sites (N-methyl/N-ethyl adjacent to an activating group) is 1. The van der Waals surface area contributed by atoms with E-state index in [1.165, 1.54) is 6.42 Å². The molecule has 2 atom stereocenters. The van der Waals surface area contributed by atoms with E-state index in [0.29, 0.717) is 6.04 Å². The molecular weight excluding hydrogens is 254 g/mol. The summed E-state index contributed by atoms with van der Waals surface area (Å²) in [5, 5.41) is 3.09. The Labute approximate surface area is 123 Å². The van der Waals surface area contributed by atoms with E-state index < -0.39 is 0 Å². The van der Waals surface area contributed by atoms with Crippen molar-refractivity contribution in [3.63, 3.8) is 0 Å². The van der Waals surface area contributed by atoms with Gasteiger partial charge in [-0.1, -0.05) is 0 Å². The van der Waals surface area contributed by atoms with Gasteiger partial charge in [0.05, 0.1) is 5.60 Å². The van der Waals surface area contributed by atoms with Gasteiger partial charge in [-0.25, -0.2) is 4.79 Å². The average Bonchev–Trinajstić information content (AvgIpc) is 2.38. The molecule has 0 aromatic rings. The molecule has 1 aliphatic heterocycles. The van der Waals surface area contributed by atoms with Crippen LogP contribution in [0.2, 0.25) is 0 Å². The quantitative estimate of drug-likeness (QED) is 0.839. The van der Waals surface area contributed by atoms with Gasteiger partial charge in [-0.15, -0.1) is 0 Å². The summed E-state index contributed by atoms with van der Waals surface area (Å²) >= 11 is 0. The number of likely N-dealkylation sites (tertiary alicyclic amines) is 1. The molecule has 20 heavy (non-hydrogen) atoms. The molecule has 1 aliphatic rings. The molecule has 5 heteroatoms. The van der Waals surface area contributed by atoms with Crippen molar-refractivity contribution in [2.75, 3.05) is 34.3 Å². The summed E-state index contributed by atoms with van der Waals surface area (Å²) in [4.78, 5) is 16.4. The Morgan fingerprint density at radius 2 is 2.15 bits per heavy atom. The van der Waals surface area contributed by atoms with Crippen LogP contribution >= 0.6 is 0 Å². The number of rotatable bonds is 5. The van der Waals surface area contributed by atoms with Crippen LogP contribution in [0.1, 0.15) is 40.0 Å². The van der Waals surface area contributed by atoms with Crippen molar-refractivity contribution in [3.05, 3.63) is 0 Å². The Kier molecular flexibility index (Phi) is 6.27. The number of hydrogen-bond acceptors (Lipinski definition) is 3. The van der Waals surface area contributed by atoms with Gasteiger partial charge < -0.3 is 19.9 Å². The molecule has 0 aromatic carbocycles. The lowest BCUT2D eigenvalue weighted by Gasteiger charge is -2.37. The predicted molar refractivity (Wildman–Crippen MR) is 82.0 cm³/mol. The van der Waals surface area contributed by atoms with Crippen LogP contribution in [-0.4, -0.2) is 67.8 Å². The first kappa shape index (κ1) is 17.2. The molecule has 1 N–H and O–H groups in total. The van der Waals surface area contributed by atoms with Crippen molar-refractivity contribution < 1.29 is 9.53 Å². The Morgan fingerprint density at radius 1 is 1.50 bits per heavy atom. The van der Waals surface area contributed by atoms with Crippen LogP contribution in [0.3, 0.4) is 0 Å². The standard InChI is InChI=1S/C15H31N3O2/c1-12(10-15(2,3)20-6)16-14(19)18-9-7-8-13(11-18)17(4)5/h12-13H,7-11H2,1-6H3,(H,16,19)/t12-,13+/m0/s1. The summed E-state index contributed by atoms with van der Waals surface area (Å²) in [6.45, 7) is 7.79. The summed E-state index contributed by atoms with van der Waals surface area (Å²) in [6, 6.07) is 0.633. The SMILES string of the molecule is COC(C)(C)C[C@H](C)NC(=O)N1CCC[C@@H](N(C)C)C1. The van der Waals surface area contributed by atoms with E-state index in [-0.39, 0.29) is 17.7 Å². The van der Waals surface area contributed by atoms with Crippen LogP contribution in [0.5, 0.6) is 0 Å². The molecule has 1 heterocycles. The van der Waals surface area contributed by atoms with Crippen LogP contribution in [0.4, 0.5) is 4.79 Å². The smallest absolute Gasteiger partial charge is 0.317 e.